The van der Waals surface area contributed by atoms with Crippen molar-refractivity contribution in [1.29, 1.82) is 0 Å². The molecule has 1 aliphatic carbocycles. The van der Waals surface area contributed by atoms with Crippen LogP contribution in [-0.2, 0) is 16.3 Å². The number of sulfone groups is 1. The lowest BCUT2D eigenvalue weighted by Gasteiger charge is -2.07. The Bertz CT molecular complexity index is 485. The van der Waals surface area contributed by atoms with E-state index in [0.29, 0.717) is 24.4 Å². The van der Waals surface area contributed by atoms with E-state index in [4.69, 9.17) is 5.84 Å². The van der Waals surface area contributed by atoms with Crippen LogP contribution in [0, 0.1) is 0 Å². The Morgan fingerprint density at radius 2 is 2.27 bits per heavy atom. The molecule has 0 saturated heterocycles. The molecule has 1 heterocycles. The van der Waals surface area contributed by atoms with Gasteiger partial charge in [0.05, 0.1) is 5.69 Å². The van der Waals surface area contributed by atoms with Gasteiger partial charge in [0.2, 0.25) is 0 Å². The third-order valence-electron chi connectivity index (χ3n) is 2.55. The largest absolute Gasteiger partial charge is 0.307 e. The lowest BCUT2D eigenvalue weighted by molar-refractivity contribution is 0.585. The van der Waals surface area contributed by atoms with E-state index in [-0.39, 0.29) is 0 Å². The molecular formula is C8H12N4O2S. The van der Waals surface area contributed by atoms with Crippen molar-refractivity contribution in [3.05, 3.63) is 17.3 Å². The number of nitrogens with two attached hydrogens (primary N) is 1. The van der Waals surface area contributed by atoms with Crippen molar-refractivity contribution in [3.63, 3.8) is 0 Å². The Morgan fingerprint density at radius 1 is 1.53 bits per heavy atom. The molecule has 82 valence electrons. The summed E-state index contributed by atoms with van der Waals surface area (Å²) in [5, 5.41) is 7.18. The van der Waals surface area contributed by atoms with Crippen LogP contribution in [0.15, 0.2) is 6.07 Å². The van der Waals surface area contributed by atoms with Crippen molar-refractivity contribution in [2.45, 2.75) is 18.1 Å². The van der Waals surface area contributed by atoms with Crippen LogP contribution in [0.1, 0.15) is 22.9 Å². The average Bonchev–Trinajstić information content (AvgIpc) is 2.59. The van der Waals surface area contributed by atoms with Gasteiger partial charge in [-0.1, -0.05) is 0 Å². The standard InChI is InChI=1S/C8H12N4O2S/c1-15(13,14)6-3-2-5-4-7(10-9)11-12-8(5)6/h4,6H,2-3,9H2,1H3,(H,10,11). The predicted octanol–water partition coefficient (Wildman–Crippen LogP) is -0.206. The minimum atomic E-state index is -3.09. The van der Waals surface area contributed by atoms with Crippen LogP contribution < -0.4 is 11.3 Å². The molecule has 0 radical (unpaired) electrons. The number of nitrogens with zero attached hydrogens (tertiary/aromatic N) is 2. The summed E-state index contributed by atoms with van der Waals surface area (Å²) in [6.07, 6.45) is 2.51. The van der Waals surface area contributed by atoms with E-state index in [1.165, 1.54) is 6.26 Å². The zero-order chi connectivity index (χ0) is 11.1. The zero-order valence-corrected chi connectivity index (χ0v) is 9.08. The summed E-state index contributed by atoms with van der Waals surface area (Å²) in [5.41, 5.74) is 3.86. The number of nitrogen functional groups attached to an aromatic ring is 1. The first-order valence-corrected chi connectivity index (χ1v) is 6.50. The highest BCUT2D eigenvalue weighted by atomic mass is 32.2. The SMILES string of the molecule is CS(=O)(=O)C1CCc2cc(NN)nnc21. The minimum absolute atomic E-state index is 0.461. The summed E-state index contributed by atoms with van der Waals surface area (Å²) in [4.78, 5) is 0. The molecule has 1 atom stereocenters. The molecule has 0 amide bonds. The highest BCUT2D eigenvalue weighted by Crippen LogP contribution is 2.35. The van der Waals surface area contributed by atoms with E-state index < -0.39 is 15.1 Å². The van der Waals surface area contributed by atoms with Gasteiger partial charge in [0, 0.05) is 6.26 Å². The van der Waals surface area contributed by atoms with Crippen molar-refractivity contribution < 1.29 is 8.42 Å². The van der Waals surface area contributed by atoms with Crippen molar-refractivity contribution in [1.82, 2.24) is 10.2 Å². The summed E-state index contributed by atoms with van der Waals surface area (Å²) in [6, 6.07) is 1.74. The highest BCUT2D eigenvalue weighted by Gasteiger charge is 2.32. The summed E-state index contributed by atoms with van der Waals surface area (Å²) in [7, 11) is -3.09. The van der Waals surface area contributed by atoms with Gasteiger partial charge in [0.25, 0.3) is 0 Å². The molecule has 0 aromatic carbocycles. The van der Waals surface area contributed by atoms with E-state index in [1.807, 2.05) is 0 Å². The number of aromatic nitrogens is 2. The second-order valence-corrected chi connectivity index (χ2v) is 5.87. The van der Waals surface area contributed by atoms with Gasteiger partial charge >= 0.3 is 0 Å². The van der Waals surface area contributed by atoms with Gasteiger partial charge < -0.3 is 5.43 Å². The summed E-state index contributed by atoms with van der Waals surface area (Å²) >= 11 is 0. The fraction of sp³-hybridized carbons (Fsp3) is 0.500. The van der Waals surface area contributed by atoms with Crippen LogP contribution in [0.5, 0.6) is 0 Å². The fourth-order valence-electron chi connectivity index (χ4n) is 1.82. The quantitative estimate of drug-likeness (QED) is 0.537. The third kappa shape index (κ3) is 1.80. The van der Waals surface area contributed by atoms with Crippen molar-refractivity contribution >= 4 is 15.7 Å². The first-order valence-electron chi connectivity index (χ1n) is 4.54. The molecule has 1 aliphatic rings. The molecule has 1 aromatic rings. The van der Waals surface area contributed by atoms with Gasteiger partial charge in [0.15, 0.2) is 15.7 Å². The number of fused-ring (bicyclic) bond motifs is 1. The van der Waals surface area contributed by atoms with Crippen LogP contribution in [-0.4, -0.2) is 24.9 Å². The lowest BCUT2D eigenvalue weighted by Crippen LogP contribution is -2.13. The summed E-state index contributed by atoms with van der Waals surface area (Å²) in [6.45, 7) is 0. The average molecular weight is 228 g/mol. The van der Waals surface area contributed by atoms with E-state index in [2.05, 4.69) is 15.6 Å². The molecule has 3 N–H and O–H groups in total. The second-order valence-electron chi connectivity index (χ2n) is 3.64. The number of anilines is 1. The maximum Gasteiger partial charge on any atom is 0.162 e. The smallest absolute Gasteiger partial charge is 0.162 e. The number of rotatable bonds is 2. The Balaban J connectivity index is 2.45. The number of hydrogen-bond acceptors (Lipinski definition) is 6. The van der Waals surface area contributed by atoms with Crippen LogP contribution in [0.3, 0.4) is 0 Å². The molecule has 0 saturated carbocycles. The third-order valence-corrected chi connectivity index (χ3v) is 4.04. The Morgan fingerprint density at radius 3 is 2.87 bits per heavy atom. The van der Waals surface area contributed by atoms with Gasteiger partial charge in [-0.05, 0) is 24.5 Å². The molecule has 0 fully saturated rings. The van der Waals surface area contributed by atoms with Crippen molar-refractivity contribution in [3.8, 4) is 0 Å². The number of nitrogens with one attached hydrogen (secondary N) is 1. The molecule has 0 aliphatic heterocycles. The Hall–Kier alpha value is -1.21. The highest BCUT2D eigenvalue weighted by molar-refractivity contribution is 7.90. The first kappa shape index (κ1) is 10.3. The topological polar surface area (TPSA) is 98.0 Å². The first-order chi connectivity index (χ1) is 7.02. The Labute approximate surface area is 87.8 Å². The van der Waals surface area contributed by atoms with E-state index in [9.17, 15) is 8.42 Å². The van der Waals surface area contributed by atoms with Gasteiger partial charge in [-0.3, -0.25) is 0 Å². The van der Waals surface area contributed by atoms with Crippen LogP contribution in [0.4, 0.5) is 5.82 Å². The summed E-state index contributed by atoms with van der Waals surface area (Å²) in [5.74, 6) is 5.65. The number of hydrazine groups is 1. The molecule has 0 spiro atoms. The number of aryl methyl sites for hydroxylation is 1. The molecule has 1 aromatic heterocycles. The lowest BCUT2D eigenvalue weighted by atomic mass is 10.2. The monoisotopic (exact) mass is 228 g/mol. The van der Waals surface area contributed by atoms with Gasteiger partial charge in [0.1, 0.15) is 5.25 Å². The molecule has 1 unspecified atom stereocenters. The maximum absolute atomic E-state index is 11.4. The summed E-state index contributed by atoms with van der Waals surface area (Å²) < 4.78 is 22.9. The molecule has 6 nitrogen and oxygen atoms in total. The van der Waals surface area contributed by atoms with Crippen molar-refractivity contribution in [2.75, 3.05) is 11.7 Å². The zero-order valence-electron chi connectivity index (χ0n) is 8.27. The fourth-order valence-corrected chi connectivity index (χ4v) is 2.97. The maximum atomic E-state index is 11.4. The molecule has 0 bridgehead atoms. The number of hydrogen-bond donors (Lipinski definition) is 2. The second kappa shape index (κ2) is 3.42. The normalized spacial score (nSPS) is 20.0. The molecule has 7 heteroatoms. The Kier molecular flexibility index (Phi) is 2.35. The van der Waals surface area contributed by atoms with E-state index in [0.717, 1.165) is 5.56 Å². The van der Waals surface area contributed by atoms with E-state index in [1.54, 1.807) is 6.07 Å². The van der Waals surface area contributed by atoms with Gasteiger partial charge in [-0.15, -0.1) is 5.10 Å². The van der Waals surface area contributed by atoms with Crippen LogP contribution in [0.25, 0.3) is 0 Å². The molecule has 15 heavy (non-hydrogen) atoms. The van der Waals surface area contributed by atoms with Gasteiger partial charge in [-0.25, -0.2) is 14.3 Å². The molecular weight excluding hydrogens is 216 g/mol. The van der Waals surface area contributed by atoms with E-state index >= 15 is 0 Å². The van der Waals surface area contributed by atoms with Gasteiger partial charge in [-0.2, -0.15) is 5.10 Å². The van der Waals surface area contributed by atoms with Crippen LogP contribution in [0.2, 0.25) is 0 Å². The van der Waals surface area contributed by atoms with Crippen LogP contribution >= 0.6 is 0 Å². The predicted molar refractivity (Wildman–Crippen MR) is 55.7 cm³/mol. The minimum Gasteiger partial charge on any atom is -0.307 e. The van der Waals surface area contributed by atoms with Crippen molar-refractivity contribution in [2.24, 2.45) is 5.84 Å². The molecule has 2 rings (SSSR count).